The van der Waals surface area contributed by atoms with Crippen molar-refractivity contribution in [3.63, 3.8) is 0 Å². The molecule has 3 rings (SSSR count). The summed E-state index contributed by atoms with van der Waals surface area (Å²) in [5, 5.41) is 5.94. The molecule has 0 saturated carbocycles. The molecule has 1 aromatic carbocycles. The van der Waals surface area contributed by atoms with Gasteiger partial charge in [-0.3, -0.25) is 4.79 Å². The fraction of sp³-hybridized carbons (Fsp3) is 0.250. The molecule has 0 aliphatic carbocycles. The number of aryl methyl sites for hydroxylation is 1. The van der Waals surface area contributed by atoms with Gasteiger partial charge in [0.1, 0.15) is 24.1 Å². The fourth-order valence-electron chi connectivity index (χ4n) is 2.49. The first kappa shape index (κ1) is 20.4. The summed E-state index contributed by atoms with van der Waals surface area (Å²) in [6.45, 7) is 2.76. The number of carbonyl (C=O) groups excluding carboxylic acids is 1. The van der Waals surface area contributed by atoms with Gasteiger partial charge in [0, 0.05) is 17.8 Å². The normalized spacial score (nSPS) is 12.4. The molecule has 2 heterocycles. The van der Waals surface area contributed by atoms with Crippen LogP contribution >= 0.6 is 0 Å². The summed E-state index contributed by atoms with van der Waals surface area (Å²) in [5.74, 6) is -0.0545. The zero-order valence-electron chi connectivity index (χ0n) is 15.7. The number of halogens is 3. The van der Waals surface area contributed by atoms with Gasteiger partial charge in [-0.25, -0.2) is 4.98 Å². The minimum Gasteiger partial charge on any atom is -0.473 e. The van der Waals surface area contributed by atoms with Crippen LogP contribution in [0.25, 0.3) is 11.3 Å². The lowest BCUT2D eigenvalue weighted by Gasteiger charge is -2.17. The summed E-state index contributed by atoms with van der Waals surface area (Å²) >= 11 is 0. The van der Waals surface area contributed by atoms with Gasteiger partial charge >= 0.3 is 6.18 Å². The number of nitrogens with one attached hydrogen (secondary N) is 1. The third-order valence-corrected chi connectivity index (χ3v) is 4.23. The van der Waals surface area contributed by atoms with E-state index in [9.17, 15) is 18.0 Å². The molecule has 152 valence electrons. The third-order valence-electron chi connectivity index (χ3n) is 4.23. The number of benzene rings is 1. The van der Waals surface area contributed by atoms with E-state index in [1.54, 1.807) is 6.92 Å². The van der Waals surface area contributed by atoms with Crippen molar-refractivity contribution in [2.75, 3.05) is 0 Å². The molecule has 0 spiro atoms. The second-order valence-electron chi connectivity index (χ2n) is 6.34. The summed E-state index contributed by atoms with van der Waals surface area (Å²) in [6, 6.07) is 10.3. The molecule has 0 unspecified atom stereocenters. The van der Waals surface area contributed by atoms with Gasteiger partial charge in [-0.1, -0.05) is 35.5 Å². The van der Waals surface area contributed by atoms with Crippen LogP contribution in [0.2, 0.25) is 0 Å². The Kier molecular flexibility index (Phi) is 5.86. The van der Waals surface area contributed by atoms with Crippen LogP contribution < -0.4 is 10.1 Å². The van der Waals surface area contributed by atoms with E-state index in [0.717, 1.165) is 24.2 Å². The molecule has 3 aromatic rings. The average molecular weight is 405 g/mol. The van der Waals surface area contributed by atoms with E-state index in [0.29, 0.717) is 11.5 Å². The van der Waals surface area contributed by atoms with Gasteiger partial charge in [-0.2, -0.15) is 13.2 Å². The Bertz CT molecular complexity index is 970. The number of carbonyl (C=O) groups is 1. The lowest BCUT2D eigenvalue weighted by Crippen LogP contribution is -2.43. The van der Waals surface area contributed by atoms with Crippen LogP contribution in [0.15, 0.2) is 53.2 Å². The number of pyridine rings is 1. The van der Waals surface area contributed by atoms with Crippen LogP contribution in [-0.4, -0.2) is 28.3 Å². The lowest BCUT2D eigenvalue weighted by atomic mass is 10.1. The number of amides is 1. The second kappa shape index (κ2) is 8.34. The van der Waals surface area contributed by atoms with E-state index >= 15 is 0 Å². The molecule has 0 bridgehead atoms. The number of rotatable bonds is 6. The molecule has 0 saturated heterocycles. The van der Waals surface area contributed by atoms with Crippen molar-refractivity contribution in [3.05, 3.63) is 65.5 Å². The first-order valence-electron chi connectivity index (χ1n) is 8.72. The molecule has 0 radical (unpaired) electrons. The molecule has 0 aliphatic heterocycles. The Morgan fingerprint density at radius 1 is 1.21 bits per heavy atom. The SMILES string of the molecule is Cc1onc(-c2ccccc2)c1COc1ccc(C(=O)N[C@H](C)C(F)(F)F)cn1. The van der Waals surface area contributed by atoms with Crippen LogP contribution in [-0.2, 0) is 6.61 Å². The number of hydrogen-bond donors (Lipinski definition) is 1. The average Bonchev–Trinajstić information content (AvgIpc) is 3.07. The van der Waals surface area contributed by atoms with Crippen molar-refractivity contribution in [1.29, 1.82) is 0 Å². The summed E-state index contributed by atoms with van der Waals surface area (Å²) < 4.78 is 48.5. The van der Waals surface area contributed by atoms with Crippen molar-refractivity contribution in [2.24, 2.45) is 0 Å². The standard InChI is InChI=1S/C20H18F3N3O3/c1-12-16(18(26-29-12)14-6-4-3-5-7-14)11-28-17-9-8-15(10-24-17)19(27)25-13(2)20(21,22)23/h3-10,13H,11H2,1-2H3,(H,25,27)/t13-/m1/s1. The Hall–Kier alpha value is -3.36. The molecule has 0 fully saturated rings. The highest BCUT2D eigenvalue weighted by atomic mass is 19.4. The fourth-order valence-corrected chi connectivity index (χ4v) is 2.49. The summed E-state index contributed by atoms with van der Waals surface area (Å²) in [6.07, 6.45) is -3.36. The monoisotopic (exact) mass is 405 g/mol. The third kappa shape index (κ3) is 4.92. The van der Waals surface area contributed by atoms with E-state index in [1.165, 1.54) is 12.1 Å². The van der Waals surface area contributed by atoms with Gasteiger partial charge in [0.25, 0.3) is 5.91 Å². The molecular weight excluding hydrogens is 387 g/mol. The minimum atomic E-state index is -4.51. The maximum Gasteiger partial charge on any atom is 0.408 e. The van der Waals surface area contributed by atoms with E-state index in [1.807, 2.05) is 35.6 Å². The summed E-state index contributed by atoms with van der Waals surface area (Å²) in [4.78, 5) is 15.9. The highest BCUT2D eigenvalue weighted by Crippen LogP contribution is 2.26. The molecule has 0 aliphatic rings. The minimum absolute atomic E-state index is 0.000386. The molecule has 2 aromatic heterocycles. The van der Waals surface area contributed by atoms with Crippen LogP contribution in [0.1, 0.15) is 28.6 Å². The molecule has 1 atom stereocenters. The smallest absolute Gasteiger partial charge is 0.408 e. The van der Waals surface area contributed by atoms with Gasteiger partial charge in [0.2, 0.25) is 5.88 Å². The van der Waals surface area contributed by atoms with Crippen molar-refractivity contribution < 1.29 is 27.2 Å². The maximum atomic E-state index is 12.5. The molecule has 9 heteroatoms. The van der Waals surface area contributed by atoms with Gasteiger partial charge in [-0.15, -0.1) is 0 Å². The Balaban J connectivity index is 1.66. The summed E-state index contributed by atoms with van der Waals surface area (Å²) in [7, 11) is 0. The van der Waals surface area contributed by atoms with Gasteiger partial charge in [0.15, 0.2) is 0 Å². The highest BCUT2D eigenvalue weighted by Gasteiger charge is 2.37. The molecule has 6 nitrogen and oxygen atoms in total. The van der Waals surface area contributed by atoms with E-state index in [4.69, 9.17) is 9.26 Å². The second-order valence-corrected chi connectivity index (χ2v) is 6.34. The predicted molar refractivity (Wildman–Crippen MR) is 98.2 cm³/mol. The topological polar surface area (TPSA) is 77.2 Å². The van der Waals surface area contributed by atoms with Crippen LogP contribution in [0.4, 0.5) is 13.2 Å². The molecular formula is C20H18F3N3O3. The largest absolute Gasteiger partial charge is 0.473 e. The number of nitrogens with zero attached hydrogens (tertiary/aromatic N) is 2. The Morgan fingerprint density at radius 3 is 2.55 bits per heavy atom. The van der Waals surface area contributed by atoms with Gasteiger partial charge in [0.05, 0.1) is 11.1 Å². The first-order chi connectivity index (χ1) is 13.8. The number of ether oxygens (including phenoxy) is 1. The van der Waals surface area contributed by atoms with Crippen LogP contribution in [0.5, 0.6) is 5.88 Å². The van der Waals surface area contributed by atoms with Gasteiger partial charge in [-0.05, 0) is 19.9 Å². The quantitative estimate of drug-likeness (QED) is 0.662. The zero-order valence-corrected chi connectivity index (χ0v) is 15.7. The number of alkyl halides is 3. The Labute approximate surface area is 164 Å². The first-order valence-corrected chi connectivity index (χ1v) is 8.72. The van der Waals surface area contributed by atoms with E-state index in [-0.39, 0.29) is 18.1 Å². The van der Waals surface area contributed by atoms with Gasteiger partial charge < -0.3 is 14.6 Å². The highest BCUT2D eigenvalue weighted by molar-refractivity contribution is 5.94. The van der Waals surface area contributed by atoms with E-state index < -0.39 is 18.1 Å². The van der Waals surface area contributed by atoms with Crippen LogP contribution in [0, 0.1) is 6.92 Å². The van der Waals surface area contributed by atoms with Crippen LogP contribution in [0.3, 0.4) is 0 Å². The number of hydrogen-bond acceptors (Lipinski definition) is 5. The van der Waals surface area contributed by atoms with Crippen molar-refractivity contribution in [2.45, 2.75) is 32.7 Å². The summed E-state index contributed by atoms with van der Waals surface area (Å²) in [5.41, 5.74) is 2.28. The number of aromatic nitrogens is 2. The predicted octanol–water partition coefficient (Wildman–Crippen LogP) is 4.30. The van der Waals surface area contributed by atoms with Crippen molar-refractivity contribution >= 4 is 5.91 Å². The van der Waals surface area contributed by atoms with Crippen molar-refractivity contribution in [3.8, 4) is 17.1 Å². The maximum absolute atomic E-state index is 12.5. The van der Waals surface area contributed by atoms with Crippen molar-refractivity contribution in [1.82, 2.24) is 15.5 Å². The molecule has 1 N–H and O–H groups in total. The van der Waals surface area contributed by atoms with E-state index in [2.05, 4.69) is 10.1 Å². The lowest BCUT2D eigenvalue weighted by molar-refractivity contribution is -0.149. The molecule has 29 heavy (non-hydrogen) atoms. The zero-order chi connectivity index (χ0) is 21.0. The molecule has 1 amide bonds. The Morgan fingerprint density at radius 2 is 1.93 bits per heavy atom.